The maximum atomic E-state index is 9.65. The number of ether oxygens (including phenoxy) is 2. The molecule has 1 aliphatic carbocycles. The number of fused-ring (bicyclic) bond motifs is 1. The summed E-state index contributed by atoms with van der Waals surface area (Å²) in [6, 6.07) is 0.428. The third-order valence-corrected chi connectivity index (χ3v) is 6.95. The van der Waals surface area contributed by atoms with Gasteiger partial charge >= 0.3 is 0 Å². The van der Waals surface area contributed by atoms with E-state index >= 15 is 0 Å². The number of aliphatic hydroxyl groups is 1. The molecule has 1 saturated carbocycles. The maximum absolute atomic E-state index is 9.65. The molecule has 3 aliphatic heterocycles. The average Bonchev–Trinajstić information content (AvgIpc) is 2.97. The van der Waals surface area contributed by atoms with E-state index in [1.54, 1.807) is 5.57 Å². The monoisotopic (exact) mass is 409 g/mol. The number of likely N-dealkylation sites (N-methyl/N-ethyl adjacent to an activating group) is 1. The normalized spacial score (nSPS) is 42.0. The number of nitrogens with zero attached hydrogens (tertiary/aromatic N) is 1. The van der Waals surface area contributed by atoms with Crippen LogP contribution in [0.15, 0.2) is 11.6 Å². The molecule has 29 heavy (non-hydrogen) atoms. The zero-order valence-corrected chi connectivity index (χ0v) is 17.9. The Balaban J connectivity index is 1.45. The van der Waals surface area contributed by atoms with Crippen LogP contribution in [0.1, 0.15) is 32.1 Å². The molecule has 0 aromatic rings. The number of hydrogen-bond acceptors (Lipinski definition) is 8. The molecule has 2 saturated heterocycles. The molecule has 3 heterocycles. The highest BCUT2D eigenvalue weighted by Crippen LogP contribution is 2.38. The highest BCUT2D eigenvalue weighted by atomic mass is 16.6. The second-order valence-corrected chi connectivity index (χ2v) is 9.05. The topological polar surface area (TPSA) is 90.0 Å². The molecule has 166 valence electrons. The first-order chi connectivity index (χ1) is 14.2. The van der Waals surface area contributed by atoms with Gasteiger partial charge in [0.2, 0.25) is 0 Å². The van der Waals surface area contributed by atoms with Crippen LogP contribution >= 0.6 is 0 Å². The van der Waals surface area contributed by atoms with E-state index in [0.29, 0.717) is 25.2 Å². The fraction of sp³-hybridized carbons (Fsp3) is 0.905. The van der Waals surface area contributed by atoms with E-state index in [1.165, 1.54) is 6.42 Å². The molecular formula is C21H39N5O3. The average molecular weight is 410 g/mol. The molecule has 0 bridgehead atoms. The van der Waals surface area contributed by atoms with E-state index in [0.717, 1.165) is 38.8 Å². The van der Waals surface area contributed by atoms with E-state index < -0.39 is 0 Å². The second-order valence-electron chi connectivity index (χ2n) is 9.05. The minimum atomic E-state index is -0.0284. The van der Waals surface area contributed by atoms with Gasteiger partial charge in [0.25, 0.3) is 0 Å². The van der Waals surface area contributed by atoms with Gasteiger partial charge in [-0.1, -0.05) is 11.6 Å². The Hall–Kier alpha value is -0.580. The van der Waals surface area contributed by atoms with Crippen molar-refractivity contribution in [2.45, 2.75) is 68.9 Å². The van der Waals surface area contributed by atoms with E-state index in [4.69, 9.17) is 9.47 Å². The highest BCUT2D eigenvalue weighted by Gasteiger charge is 2.43. The lowest BCUT2D eigenvalue weighted by Gasteiger charge is -2.47. The summed E-state index contributed by atoms with van der Waals surface area (Å²) in [4.78, 5) is 2.39. The first-order valence-corrected chi connectivity index (χ1v) is 11.3. The molecule has 3 fully saturated rings. The molecule has 0 aromatic heterocycles. The number of rotatable bonds is 5. The van der Waals surface area contributed by atoms with Gasteiger partial charge in [-0.2, -0.15) is 0 Å². The first kappa shape index (κ1) is 21.6. The summed E-state index contributed by atoms with van der Waals surface area (Å²) >= 11 is 0. The van der Waals surface area contributed by atoms with Gasteiger partial charge in [-0.25, -0.2) is 0 Å². The second kappa shape index (κ2) is 10.2. The molecular weight excluding hydrogens is 370 g/mol. The molecule has 4 aliphatic rings. The molecule has 0 amide bonds. The smallest absolute Gasteiger partial charge is 0.113 e. The van der Waals surface area contributed by atoms with Crippen molar-refractivity contribution in [1.29, 1.82) is 0 Å². The van der Waals surface area contributed by atoms with E-state index in [2.05, 4.69) is 39.3 Å². The predicted molar refractivity (Wildman–Crippen MR) is 112 cm³/mol. The van der Waals surface area contributed by atoms with Gasteiger partial charge in [0.1, 0.15) is 6.29 Å². The quantitative estimate of drug-likeness (QED) is 0.391. The van der Waals surface area contributed by atoms with Crippen molar-refractivity contribution in [3.63, 3.8) is 0 Å². The summed E-state index contributed by atoms with van der Waals surface area (Å²) in [5.41, 5.74) is 1.55. The van der Waals surface area contributed by atoms with Crippen LogP contribution < -0.4 is 21.3 Å². The van der Waals surface area contributed by atoms with Crippen LogP contribution in [0.25, 0.3) is 0 Å². The van der Waals surface area contributed by atoms with E-state index in [9.17, 15) is 5.11 Å². The molecule has 8 nitrogen and oxygen atoms in total. The largest absolute Gasteiger partial charge is 0.395 e. The van der Waals surface area contributed by atoms with Gasteiger partial charge in [0.05, 0.1) is 38.2 Å². The summed E-state index contributed by atoms with van der Waals surface area (Å²) in [7, 11) is 4.16. The van der Waals surface area contributed by atoms with Gasteiger partial charge in [0, 0.05) is 24.5 Å². The Kier molecular flexibility index (Phi) is 7.58. The Morgan fingerprint density at radius 3 is 2.90 bits per heavy atom. The van der Waals surface area contributed by atoms with Crippen LogP contribution in [0.3, 0.4) is 0 Å². The molecule has 0 radical (unpaired) electrons. The fourth-order valence-electron chi connectivity index (χ4n) is 5.40. The van der Waals surface area contributed by atoms with E-state index in [-0.39, 0.29) is 37.3 Å². The Bertz CT molecular complexity index is 550. The van der Waals surface area contributed by atoms with Crippen molar-refractivity contribution in [2.24, 2.45) is 5.92 Å². The Labute approximate surface area is 174 Å². The molecule has 4 rings (SSSR count). The fourth-order valence-corrected chi connectivity index (χ4v) is 5.40. The highest BCUT2D eigenvalue weighted by molar-refractivity contribution is 5.15. The van der Waals surface area contributed by atoms with Crippen LogP contribution in [-0.4, -0.2) is 93.8 Å². The van der Waals surface area contributed by atoms with Gasteiger partial charge in [-0.3, -0.25) is 16.0 Å². The van der Waals surface area contributed by atoms with Gasteiger partial charge < -0.3 is 24.8 Å². The van der Waals surface area contributed by atoms with Gasteiger partial charge in [-0.15, -0.1) is 0 Å². The summed E-state index contributed by atoms with van der Waals surface area (Å²) < 4.78 is 12.4. The van der Waals surface area contributed by atoms with Crippen LogP contribution in [-0.2, 0) is 9.47 Å². The van der Waals surface area contributed by atoms with Crippen molar-refractivity contribution in [3.8, 4) is 0 Å². The van der Waals surface area contributed by atoms with Crippen molar-refractivity contribution in [1.82, 2.24) is 26.2 Å². The van der Waals surface area contributed by atoms with Crippen LogP contribution in [0, 0.1) is 5.92 Å². The van der Waals surface area contributed by atoms with Crippen molar-refractivity contribution in [2.75, 3.05) is 47.0 Å². The Morgan fingerprint density at radius 2 is 2.07 bits per heavy atom. The lowest BCUT2D eigenvalue weighted by Crippen LogP contribution is -2.69. The van der Waals surface area contributed by atoms with Crippen LogP contribution in [0.5, 0.6) is 0 Å². The Morgan fingerprint density at radius 1 is 1.21 bits per heavy atom. The third kappa shape index (κ3) is 5.37. The van der Waals surface area contributed by atoms with Crippen molar-refractivity contribution in [3.05, 3.63) is 11.6 Å². The summed E-state index contributed by atoms with van der Waals surface area (Å²) in [6.07, 6.45) is 8.18. The minimum absolute atomic E-state index is 0.0284. The molecule has 8 heteroatoms. The standard InChI is InChI=1S/C21H39N5O3/c1-22-19-12-16(13-27)24-21(25-19)23-15-10-17(14-4-3-6-26(2)7-5-14)20-18(11-15)28-8-9-29-20/h5,15-25,27H,3-4,6-13H2,1-2H3. The maximum Gasteiger partial charge on any atom is 0.113 e. The molecule has 5 N–H and O–H groups in total. The summed E-state index contributed by atoms with van der Waals surface area (Å²) in [6.45, 7) is 3.72. The number of aliphatic hydroxyl groups excluding tert-OH is 1. The number of nitrogens with one attached hydrogen (secondary N) is 4. The molecule has 7 atom stereocenters. The van der Waals surface area contributed by atoms with Crippen LogP contribution in [0.4, 0.5) is 0 Å². The lowest BCUT2D eigenvalue weighted by molar-refractivity contribution is -0.173. The molecule has 7 unspecified atom stereocenters. The zero-order chi connectivity index (χ0) is 20.2. The molecule has 0 spiro atoms. The lowest BCUT2D eigenvalue weighted by atomic mass is 9.75. The minimum Gasteiger partial charge on any atom is -0.395 e. The van der Waals surface area contributed by atoms with Crippen molar-refractivity contribution >= 4 is 0 Å². The number of hydrogen-bond donors (Lipinski definition) is 5. The summed E-state index contributed by atoms with van der Waals surface area (Å²) in [5.74, 6) is 0.412. The SMILES string of the molecule is CNC1CC(CO)NC(NC2CC3OCCOC3C(C3=CCN(C)CCC3)C2)N1. The zero-order valence-electron chi connectivity index (χ0n) is 17.9. The van der Waals surface area contributed by atoms with E-state index in [1.807, 2.05) is 7.05 Å². The molecule has 0 aromatic carbocycles. The predicted octanol–water partition coefficient (Wildman–Crippen LogP) is -0.436. The van der Waals surface area contributed by atoms with Crippen LogP contribution in [0.2, 0.25) is 0 Å². The van der Waals surface area contributed by atoms with Gasteiger partial charge in [0.15, 0.2) is 0 Å². The summed E-state index contributed by atoms with van der Waals surface area (Å²) in [5, 5.41) is 23.8. The first-order valence-electron chi connectivity index (χ1n) is 11.3. The third-order valence-electron chi connectivity index (χ3n) is 6.95. The van der Waals surface area contributed by atoms with Gasteiger partial charge in [-0.05, 0) is 52.7 Å². The van der Waals surface area contributed by atoms with Crippen molar-refractivity contribution < 1.29 is 14.6 Å².